The number of fused-ring (bicyclic) bond motifs is 1. The van der Waals surface area contributed by atoms with Crippen molar-refractivity contribution in [3.05, 3.63) is 24.3 Å². The number of rotatable bonds is 0. The van der Waals surface area contributed by atoms with Gasteiger partial charge in [0.1, 0.15) is 0 Å². The van der Waals surface area contributed by atoms with Gasteiger partial charge in [0.15, 0.2) is 11.5 Å². The third-order valence-electron chi connectivity index (χ3n) is 1.66. The third kappa shape index (κ3) is 1.28. The van der Waals surface area contributed by atoms with Crippen LogP contribution in [0, 0.1) is 0 Å². The molecule has 0 aromatic heterocycles. The average molecular weight is 225 g/mol. The third-order valence-corrected chi connectivity index (χ3v) is 1.96. The molecule has 1 aliphatic rings. The molecule has 0 spiro atoms. The fourth-order valence-corrected chi connectivity index (χ4v) is 1.14. The molecule has 6 heteroatoms. The summed E-state index contributed by atoms with van der Waals surface area (Å²) in [5.74, 6) is -0.401. The van der Waals surface area contributed by atoms with Crippen LogP contribution in [0.3, 0.4) is 0 Å². The van der Waals surface area contributed by atoms with Crippen LogP contribution in [0.4, 0.5) is 13.2 Å². The molecule has 1 heterocycles. The lowest BCUT2D eigenvalue weighted by Gasteiger charge is -2.33. The van der Waals surface area contributed by atoms with Gasteiger partial charge in [-0.15, -0.1) is 0 Å². The molecule has 2 rings (SSSR count). The van der Waals surface area contributed by atoms with E-state index in [-0.39, 0.29) is 11.5 Å². The van der Waals surface area contributed by atoms with Crippen LogP contribution < -0.4 is 9.47 Å². The molecule has 2 nitrogen and oxygen atoms in total. The topological polar surface area (TPSA) is 18.5 Å². The van der Waals surface area contributed by atoms with E-state index in [1.807, 2.05) is 0 Å². The van der Waals surface area contributed by atoms with Gasteiger partial charge in [0.2, 0.25) is 0 Å². The van der Waals surface area contributed by atoms with E-state index in [2.05, 4.69) is 9.47 Å². The van der Waals surface area contributed by atoms with Gasteiger partial charge in [-0.25, -0.2) is 0 Å². The standard InChI is InChI=1S/C8H4ClF3O2/c9-7(10)8(11,12)14-6-4-2-1-3-5(6)13-7/h1-4H/t7-/m0/s1. The normalized spacial score (nSPS) is 28.6. The zero-order valence-electron chi connectivity index (χ0n) is 6.64. The first-order chi connectivity index (χ1) is 6.42. The smallest absolute Gasteiger partial charge is 0.434 e. The Labute approximate surface area is 82.2 Å². The second-order valence-corrected chi connectivity index (χ2v) is 3.17. The maximum Gasteiger partial charge on any atom is 0.488 e. The number of para-hydroxylation sites is 2. The van der Waals surface area contributed by atoms with Crippen molar-refractivity contribution < 1.29 is 22.6 Å². The summed E-state index contributed by atoms with van der Waals surface area (Å²) in [6.07, 6.45) is -4.21. The fourth-order valence-electron chi connectivity index (χ4n) is 1.01. The van der Waals surface area contributed by atoms with Crippen LogP contribution in [-0.4, -0.2) is 11.4 Å². The minimum atomic E-state index is -4.21. The van der Waals surface area contributed by atoms with E-state index in [4.69, 9.17) is 11.6 Å². The van der Waals surface area contributed by atoms with Crippen molar-refractivity contribution in [3.63, 3.8) is 0 Å². The highest BCUT2D eigenvalue weighted by atomic mass is 35.5. The molecule has 0 saturated carbocycles. The second kappa shape index (κ2) is 2.70. The zero-order chi connectivity index (χ0) is 10.4. The van der Waals surface area contributed by atoms with Gasteiger partial charge in [-0.3, -0.25) is 0 Å². The van der Waals surface area contributed by atoms with E-state index in [0.717, 1.165) is 0 Å². The van der Waals surface area contributed by atoms with Crippen LogP contribution in [0.25, 0.3) is 0 Å². The van der Waals surface area contributed by atoms with Gasteiger partial charge < -0.3 is 9.47 Å². The van der Waals surface area contributed by atoms with Crippen molar-refractivity contribution in [3.8, 4) is 11.5 Å². The minimum Gasteiger partial charge on any atom is -0.434 e. The van der Waals surface area contributed by atoms with Crippen molar-refractivity contribution >= 4 is 11.6 Å². The van der Waals surface area contributed by atoms with Crippen molar-refractivity contribution in [2.45, 2.75) is 11.4 Å². The van der Waals surface area contributed by atoms with E-state index >= 15 is 0 Å². The Morgan fingerprint density at radius 3 is 2.07 bits per heavy atom. The van der Waals surface area contributed by atoms with Gasteiger partial charge in [0.25, 0.3) is 0 Å². The summed E-state index contributed by atoms with van der Waals surface area (Å²) in [5, 5.41) is -3.67. The second-order valence-electron chi connectivity index (χ2n) is 2.68. The van der Waals surface area contributed by atoms with Crippen molar-refractivity contribution in [1.82, 2.24) is 0 Å². The zero-order valence-corrected chi connectivity index (χ0v) is 7.39. The summed E-state index contributed by atoms with van der Waals surface area (Å²) in [6, 6.07) is 5.45. The summed E-state index contributed by atoms with van der Waals surface area (Å²) in [7, 11) is 0. The summed E-state index contributed by atoms with van der Waals surface area (Å²) >= 11 is 4.83. The minimum absolute atomic E-state index is 0.157. The number of hydrogen-bond donors (Lipinski definition) is 0. The SMILES string of the molecule is FC1(F)Oc2ccccc2O[C@]1(F)Cl. The quantitative estimate of drug-likeness (QED) is 0.631. The van der Waals surface area contributed by atoms with E-state index < -0.39 is 11.4 Å². The van der Waals surface area contributed by atoms with Gasteiger partial charge in [-0.1, -0.05) is 12.1 Å². The van der Waals surface area contributed by atoms with Gasteiger partial charge in [0, 0.05) is 0 Å². The van der Waals surface area contributed by atoms with E-state index in [1.165, 1.54) is 24.3 Å². The molecule has 1 atom stereocenters. The maximum atomic E-state index is 13.0. The van der Waals surface area contributed by atoms with Crippen LogP contribution in [0.1, 0.15) is 0 Å². The highest BCUT2D eigenvalue weighted by Crippen LogP contribution is 2.47. The van der Waals surface area contributed by atoms with Crippen molar-refractivity contribution in [1.29, 1.82) is 0 Å². The van der Waals surface area contributed by atoms with Gasteiger partial charge in [-0.2, -0.15) is 13.2 Å². The molecule has 0 unspecified atom stereocenters. The number of halogens is 4. The number of benzene rings is 1. The monoisotopic (exact) mass is 224 g/mol. The summed E-state index contributed by atoms with van der Waals surface area (Å²) in [6.45, 7) is 0. The molecular formula is C8H4ClF3O2. The van der Waals surface area contributed by atoms with Crippen LogP contribution in [-0.2, 0) is 0 Å². The van der Waals surface area contributed by atoms with E-state index in [0.29, 0.717) is 0 Å². The summed E-state index contributed by atoms with van der Waals surface area (Å²) < 4.78 is 46.9. The molecule has 1 aromatic rings. The first kappa shape index (κ1) is 9.45. The van der Waals surface area contributed by atoms with Crippen LogP contribution in [0.5, 0.6) is 11.5 Å². The lowest BCUT2D eigenvalue weighted by molar-refractivity contribution is -0.303. The van der Waals surface area contributed by atoms with Crippen LogP contribution >= 0.6 is 11.6 Å². The fraction of sp³-hybridized carbons (Fsp3) is 0.250. The molecule has 0 fully saturated rings. The van der Waals surface area contributed by atoms with Gasteiger partial charge in [0.05, 0.1) is 0 Å². The van der Waals surface area contributed by atoms with E-state index in [1.54, 1.807) is 0 Å². The molecule has 0 aliphatic carbocycles. The molecule has 76 valence electrons. The van der Waals surface area contributed by atoms with Crippen LogP contribution in [0.15, 0.2) is 24.3 Å². The maximum absolute atomic E-state index is 13.0. The van der Waals surface area contributed by atoms with Crippen molar-refractivity contribution in [2.75, 3.05) is 0 Å². The number of ether oxygens (including phenoxy) is 2. The lowest BCUT2D eigenvalue weighted by Crippen LogP contribution is -2.51. The first-order valence-electron chi connectivity index (χ1n) is 3.65. The van der Waals surface area contributed by atoms with E-state index in [9.17, 15) is 13.2 Å². The lowest BCUT2D eigenvalue weighted by atomic mass is 10.3. The Hall–Kier alpha value is -1.10. The van der Waals surface area contributed by atoms with Crippen LogP contribution in [0.2, 0.25) is 0 Å². The first-order valence-corrected chi connectivity index (χ1v) is 4.03. The molecule has 0 amide bonds. The highest BCUT2D eigenvalue weighted by molar-refractivity contribution is 6.22. The Kier molecular flexibility index (Phi) is 1.82. The largest absolute Gasteiger partial charge is 0.488 e. The van der Waals surface area contributed by atoms with Gasteiger partial charge >= 0.3 is 11.4 Å². The average Bonchev–Trinajstić information content (AvgIpc) is 2.05. The Balaban J connectivity index is 2.46. The molecule has 1 aliphatic heterocycles. The molecule has 1 aromatic carbocycles. The molecular weight excluding hydrogens is 221 g/mol. The molecule has 14 heavy (non-hydrogen) atoms. The molecule has 0 bridgehead atoms. The number of hydrogen-bond acceptors (Lipinski definition) is 2. The predicted octanol–water partition coefficient (Wildman–Crippen LogP) is 2.91. The summed E-state index contributed by atoms with van der Waals surface area (Å²) in [5.41, 5.74) is 0. The predicted molar refractivity (Wildman–Crippen MR) is 42.3 cm³/mol. The summed E-state index contributed by atoms with van der Waals surface area (Å²) in [4.78, 5) is 0. The molecule has 0 radical (unpaired) electrons. The highest BCUT2D eigenvalue weighted by Gasteiger charge is 2.63. The number of alkyl halides is 4. The molecule has 0 saturated heterocycles. The Morgan fingerprint density at radius 2 is 1.50 bits per heavy atom. The Bertz CT molecular complexity index is 332. The Morgan fingerprint density at radius 1 is 1.00 bits per heavy atom. The van der Waals surface area contributed by atoms with Crippen molar-refractivity contribution in [2.24, 2.45) is 0 Å². The molecule has 0 N–H and O–H groups in total. The van der Waals surface area contributed by atoms with Gasteiger partial charge in [-0.05, 0) is 23.7 Å².